The van der Waals surface area contributed by atoms with E-state index in [2.05, 4.69) is 11.6 Å². The Morgan fingerprint density at radius 1 is 1.30 bits per heavy atom. The van der Waals surface area contributed by atoms with Crippen LogP contribution in [-0.4, -0.2) is 17.3 Å². The van der Waals surface area contributed by atoms with Crippen molar-refractivity contribution in [1.29, 1.82) is 5.26 Å². The fraction of sp³-hybridized carbons (Fsp3) is 0.300. The monoisotopic (exact) mass is 392 g/mol. The van der Waals surface area contributed by atoms with E-state index in [0.29, 0.717) is 23.7 Å². The number of benzene rings is 1. The summed E-state index contributed by atoms with van der Waals surface area (Å²) in [5.41, 5.74) is -0.678. The molecular weight excluding hydrogens is 373 g/mol. The summed E-state index contributed by atoms with van der Waals surface area (Å²) in [5.74, 6) is 1.19. The third-order valence-electron chi connectivity index (χ3n) is 3.66. The molecule has 0 atom stereocenters. The van der Waals surface area contributed by atoms with Crippen LogP contribution in [0.2, 0.25) is 0 Å². The molecule has 0 fully saturated rings. The molecule has 2 rings (SSSR count). The Balaban J connectivity index is 2.47. The topological polar surface area (TPSA) is 45.9 Å². The maximum absolute atomic E-state index is 13.5. The van der Waals surface area contributed by atoms with Crippen molar-refractivity contribution in [2.75, 3.05) is 12.4 Å². The summed E-state index contributed by atoms with van der Waals surface area (Å²) in [6, 6.07) is 9.23. The van der Waals surface area contributed by atoms with E-state index in [4.69, 9.17) is 4.74 Å². The molecule has 142 valence electrons. The predicted molar refractivity (Wildman–Crippen MR) is 101 cm³/mol. The number of aromatic nitrogens is 1. The number of halogens is 3. The van der Waals surface area contributed by atoms with Crippen molar-refractivity contribution >= 4 is 11.8 Å². The average molecular weight is 392 g/mol. The molecule has 27 heavy (non-hydrogen) atoms. The van der Waals surface area contributed by atoms with Gasteiger partial charge in [-0.25, -0.2) is 4.98 Å². The Hall–Kier alpha value is -2.46. The Morgan fingerprint density at radius 2 is 2.00 bits per heavy atom. The molecule has 3 nitrogen and oxygen atoms in total. The van der Waals surface area contributed by atoms with Crippen LogP contribution in [0.1, 0.15) is 30.9 Å². The van der Waals surface area contributed by atoms with Crippen LogP contribution in [0.15, 0.2) is 48.0 Å². The van der Waals surface area contributed by atoms with Gasteiger partial charge in [0.15, 0.2) is 0 Å². The normalized spacial score (nSPS) is 11.1. The Kier molecular flexibility index (Phi) is 7.31. The van der Waals surface area contributed by atoms with E-state index >= 15 is 0 Å². The quantitative estimate of drug-likeness (QED) is 0.309. The van der Waals surface area contributed by atoms with Gasteiger partial charge < -0.3 is 4.74 Å². The third kappa shape index (κ3) is 5.51. The van der Waals surface area contributed by atoms with Crippen LogP contribution in [0.25, 0.3) is 11.3 Å². The van der Waals surface area contributed by atoms with E-state index in [-0.39, 0.29) is 10.7 Å². The summed E-state index contributed by atoms with van der Waals surface area (Å²) >= 11 is 1.18. The van der Waals surface area contributed by atoms with Crippen LogP contribution in [-0.2, 0) is 6.18 Å². The highest BCUT2D eigenvalue weighted by atomic mass is 32.2. The first-order valence-electron chi connectivity index (χ1n) is 8.40. The summed E-state index contributed by atoms with van der Waals surface area (Å²) in [7, 11) is 0. The molecule has 0 amide bonds. The van der Waals surface area contributed by atoms with Crippen molar-refractivity contribution in [2.24, 2.45) is 0 Å². The van der Waals surface area contributed by atoms with E-state index in [1.54, 1.807) is 36.4 Å². The molecule has 0 saturated carbocycles. The number of alkyl halides is 3. The lowest BCUT2D eigenvalue weighted by Crippen LogP contribution is -2.10. The molecule has 0 bridgehead atoms. The van der Waals surface area contributed by atoms with Gasteiger partial charge in [-0.3, -0.25) is 0 Å². The molecule has 0 unspecified atom stereocenters. The van der Waals surface area contributed by atoms with Gasteiger partial charge in [0, 0.05) is 5.56 Å². The number of hydrogen-bond acceptors (Lipinski definition) is 4. The molecule has 0 N–H and O–H groups in total. The van der Waals surface area contributed by atoms with Gasteiger partial charge in [-0.2, -0.15) is 18.4 Å². The number of ether oxygens (including phenoxy) is 1. The molecule has 0 aliphatic rings. The smallest absolute Gasteiger partial charge is 0.417 e. The van der Waals surface area contributed by atoms with Crippen LogP contribution >= 0.6 is 11.8 Å². The molecule has 1 heterocycles. The van der Waals surface area contributed by atoms with Crippen molar-refractivity contribution in [3.63, 3.8) is 0 Å². The standard InChI is InChI=1S/C20H19F3N2OS/c1-3-5-11-27-19-16(13-24)17(20(21,22)23)12-18(25-19)14-6-8-15(9-7-14)26-10-4-2/h4,6-9,12H,2-3,5,10-11H2,1H3. The number of rotatable bonds is 8. The van der Waals surface area contributed by atoms with Gasteiger partial charge in [0.2, 0.25) is 0 Å². The molecule has 2 aromatic rings. The van der Waals surface area contributed by atoms with Crippen LogP contribution in [0.4, 0.5) is 13.2 Å². The second-order valence-electron chi connectivity index (χ2n) is 5.67. The third-order valence-corrected chi connectivity index (χ3v) is 4.72. The average Bonchev–Trinajstić information content (AvgIpc) is 2.65. The second-order valence-corrected chi connectivity index (χ2v) is 6.75. The molecule has 1 aromatic carbocycles. The maximum Gasteiger partial charge on any atom is 0.417 e. The minimum atomic E-state index is -4.63. The van der Waals surface area contributed by atoms with Crippen LogP contribution < -0.4 is 4.74 Å². The van der Waals surface area contributed by atoms with Crippen molar-refractivity contribution in [1.82, 2.24) is 4.98 Å². The summed E-state index contributed by atoms with van der Waals surface area (Å²) in [5, 5.41) is 9.39. The zero-order chi connectivity index (χ0) is 19.9. The summed E-state index contributed by atoms with van der Waals surface area (Å²) in [4.78, 5) is 4.34. The number of nitrogens with zero attached hydrogens (tertiary/aromatic N) is 2. The fourth-order valence-corrected chi connectivity index (χ4v) is 3.39. The first kappa shape index (κ1) is 20.8. The van der Waals surface area contributed by atoms with Gasteiger partial charge in [0.05, 0.1) is 16.8 Å². The molecule has 0 aliphatic carbocycles. The molecule has 1 aromatic heterocycles. The molecule has 0 aliphatic heterocycles. The Morgan fingerprint density at radius 3 is 2.56 bits per heavy atom. The zero-order valence-electron chi connectivity index (χ0n) is 14.8. The second kappa shape index (κ2) is 9.47. The largest absolute Gasteiger partial charge is 0.490 e. The first-order chi connectivity index (χ1) is 12.9. The van der Waals surface area contributed by atoms with Gasteiger partial charge in [-0.1, -0.05) is 26.0 Å². The van der Waals surface area contributed by atoms with Crippen molar-refractivity contribution in [3.8, 4) is 23.1 Å². The van der Waals surface area contributed by atoms with E-state index < -0.39 is 17.3 Å². The van der Waals surface area contributed by atoms with E-state index in [9.17, 15) is 18.4 Å². The van der Waals surface area contributed by atoms with E-state index in [0.717, 1.165) is 18.9 Å². The minimum absolute atomic E-state index is 0.114. The van der Waals surface area contributed by atoms with Gasteiger partial charge in [-0.15, -0.1) is 11.8 Å². The van der Waals surface area contributed by atoms with Crippen molar-refractivity contribution < 1.29 is 17.9 Å². The highest BCUT2D eigenvalue weighted by Crippen LogP contribution is 2.38. The van der Waals surface area contributed by atoms with Crippen molar-refractivity contribution in [2.45, 2.75) is 31.0 Å². The highest BCUT2D eigenvalue weighted by molar-refractivity contribution is 7.99. The van der Waals surface area contributed by atoms with Crippen molar-refractivity contribution in [3.05, 3.63) is 54.1 Å². The molecule has 7 heteroatoms. The van der Waals surface area contributed by atoms with Gasteiger partial charge in [-0.05, 0) is 42.5 Å². The number of pyridine rings is 1. The summed E-state index contributed by atoms with van der Waals surface area (Å²) < 4.78 is 45.8. The Bertz CT molecular complexity index is 827. The molecular formula is C20H19F3N2OS. The number of nitriles is 1. The maximum atomic E-state index is 13.5. The van der Waals surface area contributed by atoms with Crippen LogP contribution in [0, 0.1) is 11.3 Å². The molecule has 0 spiro atoms. The van der Waals surface area contributed by atoms with Crippen LogP contribution in [0.3, 0.4) is 0 Å². The van der Waals surface area contributed by atoms with E-state index in [1.165, 1.54) is 11.8 Å². The fourth-order valence-electron chi connectivity index (χ4n) is 2.30. The van der Waals surface area contributed by atoms with Gasteiger partial charge >= 0.3 is 6.18 Å². The lowest BCUT2D eigenvalue weighted by atomic mass is 10.1. The Labute approximate surface area is 160 Å². The SMILES string of the molecule is C=CCOc1ccc(-c2cc(C(F)(F)F)c(C#N)c(SCCCC)n2)cc1. The number of hydrogen-bond donors (Lipinski definition) is 0. The predicted octanol–water partition coefficient (Wildman–Crippen LogP) is 6.10. The minimum Gasteiger partial charge on any atom is -0.490 e. The first-order valence-corrected chi connectivity index (χ1v) is 9.38. The summed E-state index contributed by atoms with van der Waals surface area (Å²) in [6.07, 6.45) is -1.29. The lowest BCUT2D eigenvalue weighted by molar-refractivity contribution is -0.138. The summed E-state index contributed by atoms with van der Waals surface area (Å²) in [6.45, 7) is 5.89. The molecule has 0 radical (unpaired) electrons. The zero-order valence-corrected chi connectivity index (χ0v) is 15.7. The molecule has 0 saturated heterocycles. The highest BCUT2D eigenvalue weighted by Gasteiger charge is 2.36. The number of thioether (sulfide) groups is 1. The van der Waals surface area contributed by atoms with Gasteiger partial charge in [0.1, 0.15) is 23.5 Å². The lowest BCUT2D eigenvalue weighted by Gasteiger charge is -2.14. The number of unbranched alkanes of at least 4 members (excludes halogenated alkanes) is 1. The van der Waals surface area contributed by atoms with Gasteiger partial charge in [0.25, 0.3) is 0 Å². The van der Waals surface area contributed by atoms with E-state index in [1.807, 2.05) is 6.92 Å². The van der Waals surface area contributed by atoms with Crippen LogP contribution in [0.5, 0.6) is 5.75 Å².